The highest BCUT2D eigenvalue weighted by Gasteiger charge is 2.19. The fraction of sp³-hybridized carbons (Fsp3) is 0.625. The highest BCUT2D eigenvalue weighted by Crippen LogP contribution is 2.09. The van der Waals surface area contributed by atoms with Gasteiger partial charge in [-0.25, -0.2) is 4.79 Å². The first-order valence-corrected chi connectivity index (χ1v) is 3.42. The summed E-state index contributed by atoms with van der Waals surface area (Å²) in [7, 11) is 1.49. The van der Waals surface area contributed by atoms with Gasteiger partial charge in [-0.1, -0.05) is 6.08 Å². The van der Waals surface area contributed by atoms with E-state index in [-0.39, 0.29) is 5.97 Å². The molecule has 0 aliphatic heterocycles. The van der Waals surface area contributed by atoms with Crippen LogP contribution in [-0.2, 0) is 14.3 Å². The molecule has 0 bridgehead atoms. The van der Waals surface area contributed by atoms with Gasteiger partial charge in [-0.05, 0) is 6.92 Å². The lowest BCUT2D eigenvalue weighted by atomic mass is 10.4. The second-order valence-corrected chi connectivity index (χ2v) is 2.53. The Labute approximate surface area is 67.0 Å². The number of carbonyl (C=O) groups excluding carboxylic acids is 1. The maximum Gasteiger partial charge on any atom is 0.332 e. The number of hydrogen-bond acceptors (Lipinski definition) is 3. The van der Waals surface area contributed by atoms with E-state index in [1.807, 2.05) is 0 Å². The Bertz CT molecular complexity index is 159. The summed E-state index contributed by atoms with van der Waals surface area (Å²) in [4.78, 5) is 10.8. The van der Waals surface area contributed by atoms with Crippen molar-refractivity contribution < 1.29 is 14.3 Å². The summed E-state index contributed by atoms with van der Waals surface area (Å²) >= 11 is 0. The topological polar surface area (TPSA) is 35.5 Å². The Kier molecular flexibility index (Phi) is 3.82. The van der Waals surface area contributed by atoms with E-state index in [9.17, 15) is 4.79 Å². The molecule has 0 heterocycles. The third kappa shape index (κ3) is 4.56. The predicted octanol–water partition coefficient (Wildman–Crippen LogP) is 1.49. The van der Waals surface area contributed by atoms with E-state index in [1.165, 1.54) is 13.2 Å². The lowest BCUT2D eigenvalue weighted by molar-refractivity contribution is -0.200. The molecule has 11 heavy (non-hydrogen) atoms. The zero-order valence-corrected chi connectivity index (χ0v) is 7.38. The highest BCUT2D eigenvalue weighted by atomic mass is 16.7. The van der Waals surface area contributed by atoms with Crippen molar-refractivity contribution in [1.29, 1.82) is 0 Å². The van der Waals surface area contributed by atoms with Crippen molar-refractivity contribution in [3.8, 4) is 0 Å². The van der Waals surface area contributed by atoms with Crippen LogP contribution in [-0.4, -0.2) is 18.9 Å². The highest BCUT2D eigenvalue weighted by molar-refractivity contribution is 5.82. The SMILES string of the molecule is CC=CC(=O)OC(C)(C)OC. The maximum absolute atomic E-state index is 10.8. The van der Waals surface area contributed by atoms with E-state index in [0.717, 1.165) is 0 Å². The molecule has 3 heteroatoms. The van der Waals surface area contributed by atoms with Gasteiger partial charge in [0.25, 0.3) is 0 Å². The normalized spacial score (nSPS) is 12.0. The lowest BCUT2D eigenvalue weighted by Crippen LogP contribution is -2.29. The average Bonchev–Trinajstić information content (AvgIpc) is 1.87. The number of rotatable bonds is 3. The van der Waals surface area contributed by atoms with Crippen LogP contribution < -0.4 is 0 Å². The Morgan fingerprint density at radius 3 is 2.36 bits per heavy atom. The monoisotopic (exact) mass is 158 g/mol. The van der Waals surface area contributed by atoms with E-state index in [4.69, 9.17) is 9.47 Å². The van der Waals surface area contributed by atoms with Crippen LogP contribution in [0.25, 0.3) is 0 Å². The van der Waals surface area contributed by atoms with E-state index < -0.39 is 5.79 Å². The summed E-state index contributed by atoms with van der Waals surface area (Å²) in [6, 6.07) is 0. The van der Waals surface area contributed by atoms with Crippen LogP contribution in [0, 0.1) is 0 Å². The summed E-state index contributed by atoms with van der Waals surface area (Å²) < 4.78 is 9.76. The van der Waals surface area contributed by atoms with Gasteiger partial charge in [0.15, 0.2) is 0 Å². The molecular weight excluding hydrogens is 144 g/mol. The number of allylic oxidation sites excluding steroid dienone is 1. The number of ether oxygens (including phenoxy) is 2. The summed E-state index contributed by atoms with van der Waals surface area (Å²) in [5.74, 6) is -1.23. The molecule has 0 aliphatic carbocycles. The maximum atomic E-state index is 10.8. The molecule has 0 atom stereocenters. The molecule has 0 aromatic carbocycles. The summed E-state index contributed by atoms with van der Waals surface area (Å²) in [5.41, 5.74) is 0. The van der Waals surface area contributed by atoms with Crippen molar-refractivity contribution in [2.45, 2.75) is 26.6 Å². The number of hydrogen-bond donors (Lipinski definition) is 0. The second kappa shape index (κ2) is 4.13. The molecule has 3 nitrogen and oxygen atoms in total. The van der Waals surface area contributed by atoms with Crippen LogP contribution in [0.4, 0.5) is 0 Å². The molecule has 0 spiro atoms. The minimum absolute atomic E-state index is 0.389. The molecule has 64 valence electrons. The Morgan fingerprint density at radius 2 is 2.00 bits per heavy atom. The van der Waals surface area contributed by atoms with Gasteiger partial charge in [0.1, 0.15) is 0 Å². The van der Waals surface area contributed by atoms with Gasteiger partial charge in [0, 0.05) is 27.0 Å². The molecule has 0 aromatic rings. The quantitative estimate of drug-likeness (QED) is 0.354. The minimum atomic E-state index is -0.837. The van der Waals surface area contributed by atoms with Gasteiger partial charge in [0.2, 0.25) is 5.79 Å². The molecule has 0 saturated carbocycles. The third-order valence-electron chi connectivity index (χ3n) is 1.14. The van der Waals surface area contributed by atoms with E-state index in [2.05, 4.69) is 0 Å². The molecule has 0 amide bonds. The minimum Gasteiger partial charge on any atom is -0.431 e. The zero-order valence-electron chi connectivity index (χ0n) is 7.38. The third-order valence-corrected chi connectivity index (χ3v) is 1.14. The fourth-order valence-corrected chi connectivity index (χ4v) is 0.454. The van der Waals surface area contributed by atoms with Crippen LogP contribution in [0.5, 0.6) is 0 Å². The van der Waals surface area contributed by atoms with Gasteiger partial charge in [-0.2, -0.15) is 0 Å². The van der Waals surface area contributed by atoms with Gasteiger partial charge in [0.05, 0.1) is 0 Å². The molecule has 0 fully saturated rings. The zero-order chi connectivity index (χ0) is 8.91. The standard InChI is InChI=1S/C8H14O3/c1-5-6-7(9)11-8(2,3)10-4/h5-6H,1-4H3. The van der Waals surface area contributed by atoms with Crippen LogP contribution in [0.3, 0.4) is 0 Å². The molecular formula is C8H14O3. The van der Waals surface area contributed by atoms with Crippen LogP contribution in [0.15, 0.2) is 12.2 Å². The van der Waals surface area contributed by atoms with Crippen LogP contribution >= 0.6 is 0 Å². The van der Waals surface area contributed by atoms with Crippen molar-refractivity contribution in [3.05, 3.63) is 12.2 Å². The van der Waals surface area contributed by atoms with Gasteiger partial charge >= 0.3 is 5.97 Å². The molecule has 0 saturated heterocycles. The molecule has 0 aliphatic rings. The largest absolute Gasteiger partial charge is 0.431 e. The fourth-order valence-electron chi connectivity index (χ4n) is 0.454. The van der Waals surface area contributed by atoms with E-state index in [1.54, 1.807) is 26.8 Å². The Morgan fingerprint density at radius 1 is 1.45 bits per heavy atom. The van der Waals surface area contributed by atoms with Crippen LogP contribution in [0.2, 0.25) is 0 Å². The first kappa shape index (κ1) is 10.2. The van der Waals surface area contributed by atoms with E-state index in [0.29, 0.717) is 0 Å². The second-order valence-electron chi connectivity index (χ2n) is 2.53. The Balaban J connectivity index is 3.93. The first-order chi connectivity index (χ1) is 5.02. The average molecular weight is 158 g/mol. The van der Waals surface area contributed by atoms with Gasteiger partial charge < -0.3 is 9.47 Å². The summed E-state index contributed by atoms with van der Waals surface area (Å²) in [6.07, 6.45) is 2.97. The number of carbonyl (C=O) groups is 1. The molecule has 0 radical (unpaired) electrons. The Hall–Kier alpha value is -0.830. The van der Waals surface area contributed by atoms with Crippen molar-refractivity contribution in [3.63, 3.8) is 0 Å². The molecule has 0 unspecified atom stereocenters. The molecule has 0 N–H and O–H groups in total. The first-order valence-electron chi connectivity index (χ1n) is 3.42. The van der Waals surface area contributed by atoms with Gasteiger partial charge in [-0.3, -0.25) is 0 Å². The van der Waals surface area contributed by atoms with Crippen LogP contribution in [0.1, 0.15) is 20.8 Å². The molecule has 0 aromatic heterocycles. The van der Waals surface area contributed by atoms with E-state index >= 15 is 0 Å². The molecule has 0 rings (SSSR count). The number of methoxy groups -OCH3 is 1. The van der Waals surface area contributed by atoms with Crippen molar-refractivity contribution >= 4 is 5.97 Å². The number of esters is 1. The summed E-state index contributed by atoms with van der Waals surface area (Å²) in [5, 5.41) is 0. The van der Waals surface area contributed by atoms with Crippen molar-refractivity contribution in [1.82, 2.24) is 0 Å². The summed E-state index contributed by atoms with van der Waals surface area (Å²) in [6.45, 7) is 5.10. The lowest BCUT2D eigenvalue weighted by Gasteiger charge is -2.21. The van der Waals surface area contributed by atoms with Crippen molar-refractivity contribution in [2.75, 3.05) is 7.11 Å². The predicted molar refractivity (Wildman–Crippen MR) is 42.0 cm³/mol. The van der Waals surface area contributed by atoms with Gasteiger partial charge in [-0.15, -0.1) is 0 Å². The smallest absolute Gasteiger partial charge is 0.332 e. The van der Waals surface area contributed by atoms with Crippen molar-refractivity contribution in [2.24, 2.45) is 0 Å².